The average molecular weight is 449 g/mol. The molecule has 0 aliphatic heterocycles. The molecule has 3 rings (SSSR count). The van der Waals surface area contributed by atoms with Crippen LogP contribution in [0.2, 0.25) is 0 Å². The van der Waals surface area contributed by atoms with Crippen molar-refractivity contribution in [3.63, 3.8) is 0 Å². The molecule has 0 amide bonds. The van der Waals surface area contributed by atoms with Gasteiger partial charge >= 0.3 is 5.97 Å². The van der Waals surface area contributed by atoms with Crippen molar-refractivity contribution in [1.82, 2.24) is 4.98 Å². The summed E-state index contributed by atoms with van der Waals surface area (Å²) in [4.78, 5) is 19.1. The molecule has 0 saturated carbocycles. The smallest absolute Gasteiger partial charge is 0.338 e. The zero-order chi connectivity index (χ0) is 23.8. The molecular weight excluding hydrogens is 416 g/mol. The minimum atomic E-state index is -0.565. The van der Waals surface area contributed by atoms with Crippen molar-refractivity contribution in [3.8, 4) is 11.5 Å². The van der Waals surface area contributed by atoms with Gasteiger partial charge in [-0.15, -0.1) is 0 Å². The Morgan fingerprint density at radius 2 is 1.79 bits per heavy atom. The van der Waals surface area contributed by atoms with Gasteiger partial charge in [0.05, 0.1) is 19.3 Å². The van der Waals surface area contributed by atoms with E-state index in [1.54, 1.807) is 19.4 Å². The Hall–Kier alpha value is -3.54. The lowest BCUT2D eigenvalue weighted by Crippen LogP contribution is -2.24. The van der Waals surface area contributed by atoms with E-state index in [0.29, 0.717) is 30.2 Å². The maximum atomic E-state index is 12.7. The third kappa shape index (κ3) is 6.72. The molecule has 0 atom stereocenters. The van der Waals surface area contributed by atoms with Crippen molar-refractivity contribution in [3.05, 3.63) is 78.1 Å². The van der Waals surface area contributed by atoms with Gasteiger partial charge in [-0.2, -0.15) is 0 Å². The van der Waals surface area contributed by atoms with Gasteiger partial charge in [-0.1, -0.05) is 19.1 Å². The SMILES string of the molecule is CCCOc1cc(N(Cc2cccnc2)c2cccc(C(=O)OC(C)(C)C)c2)ccc1OC. The molecule has 0 bridgehead atoms. The zero-order valence-corrected chi connectivity index (χ0v) is 20.0. The van der Waals surface area contributed by atoms with Crippen LogP contribution in [0.15, 0.2) is 67.0 Å². The number of carbonyl (C=O) groups is 1. The van der Waals surface area contributed by atoms with Gasteiger partial charge in [0.25, 0.3) is 0 Å². The lowest BCUT2D eigenvalue weighted by atomic mass is 10.1. The number of rotatable bonds is 9. The lowest BCUT2D eigenvalue weighted by molar-refractivity contribution is 0.00695. The summed E-state index contributed by atoms with van der Waals surface area (Å²) in [5.41, 5.74) is 2.73. The van der Waals surface area contributed by atoms with Crippen LogP contribution in [0.3, 0.4) is 0 Å². The minimum Gasteiger partial charge on any atom is -0.493 e. The highest BCUT2D eigenvalue weighted by molar-refractivity contribution is 5.91. The molecule has 3 aromatic rings. The molecule has 0 aliphatic rings. The van der Waals surface area contributed by atoms with E-state index >= 15 is 0 Å². The Bertz CT molecular complexity index is 1060. The van der Waals surface area contributed by atoms with Crippen LogP contribution in [0.1, 0.15) is 50.0 Å². The molecule has 0 radical (unpaired) electrons. The second-order valence-electron chi connectivity index (χ2n) is 8.68. The molecule has 2 aromatic carbocycles. The van der Waals surface area contributed by atoms with E-state index < -0.39 is 5.60 Å². The van der Waals surface area contributed by atoms with Gasteiger partial charge in [-0.25, -0.2) is 4.79 Å². The molecule has 6 heteroatoms. The predicted octanol–water partition coefficient (Wildman–Crippen LogP) is 6.17. The van der Waals surface area contributed by atoms with Gasteiger partial charge in [-0.3, -0.25) is 4.98 Å². The largest absolute Gasteiger partial charge is 0.493 e. The average Bonchev–Trinajstić information content (AvgIpc) is 2.80. The van der Waals surface area contributed by atoms with Crippen LogP contribution in [0, 0.1) is 0 Å². The molecule has 0 aliphatic carbocycles. The number of esters is 1. The summed E-state index contributed by atoms with van der Waals surface area (Å²) in [7, 11) is 1.63. The number of hydrogen-bond donors (Lipinski definition) is 0. The highest BCUT2D eigenvalue weighted by Crippen LogP contribution is 2.36. The number of pyridine rings is 1. The van der Waals surface area contributed by atoms with Crippen LogP contribution in [-0.4, -0.2) is 30.3 Å². The number of carbonyl (C=O) groups excluding carboxylic acids is 1. The third-order valence-corrected chi connectivity index (χ3v) is 4.78. The monoisotopic (exact) mass is 448 g/mol. The van der Waals surface area contributed by atoms with Crippen LogP contribution >= 0.6 is 0 Å². The molecule has 174 valence electrons. The van der Waals surface area contributed by atoms with Crippen molar-refractivity contribution >= 4 is 17.3 Å². The predicted molar refractivity (Wildman–Crippen MR) is 130 cm³/mol. The number of anilines is 2. The fourth-order valence-corrected chi connectivity index (χ4v) is 3.30. The quantitative estimate of drug-likeness (QED) is 0.365. The molecule has 0 unspecified atom stereocenters. The first-order valence-electron chi connectivity index (χ1n) is 11.1. The molecule has 1 aromatic heterocycles. The molecule has 0 saturated heterocycles. The van der Waals surface area contributed by atoms with Crippen molar-refractivity contribution in [2.24, 2.45) is 0 Å². The Morgan fingerprint density at radius 1 is 1.00 bits per heavy atom. The number of nitrogens with zero attached hydrogens (tertiary/aromatic N) is 2. The second kappa shape index (κ2) is 10.9. The van der Waals surface area contributed by atoms with Crippen LogP contribution in [-0.2, 0) is 11.3 Å². The van der Waals surface area contributed by atoms with Gasteiger partial charge in [-0.05, 0) is 69.2 Å². The molecule has 0 spiro atoms. The molecular formula is C27H32N2O4. The van der Waals surface area contributed by atoms with Crippen molar-refractivity contribution in [1.29, 1.82) is 0 Å². The van der Waals surface area contributed by atoms with Gasteiger partial charge in [0.1, 0.15) is 5.60 Å². The van der Waals surface area contributed by atoms with Crippen molar-refractivity contribution in [2.45, 2.75) is 46.3 Å². The molecule has 6 nitrogen and oxygen atoms in total. The fraction of sp³-hybridized carbons (Fsp3) is 0.333. The molecule has 33 heavy (non-hydrogen) atoms. The number of aromatic nitrogens is 1. The maximum Gasteiger partial charge on any atom is 0.338 e. The van der Waals surface area contributed by atoms with Gasteiger partial charge in [0, 0.05) is 36.4 Å². The highest BCUT2D eigenvalue weighted by Gasteiger charge is 2.20. The maximum absolute atomic E-state index is 12.7. The summed E-state index contributed by atoms with van der Waals surface area (Å²) >= 11 is 0. The van der Waals surface area contributed by atoms with E-state index in [0.717, 1.165) is 23.4 Å². The standard InChI is InChI=1S/C27H32N2O4/c1-6-15-32-25-17-23(12-13-24(25)31-5)29(19-20-9-8-14-28-18-20)22-11-7-10-21(16-22)26(30)33-27(2,3)4/h7-14,16-18H,6,15,19H2,1-5H3. The van der Waals surface area contributed by atoms with Crippen LogP contribution in [0.5, 0.6) is 11.5 Å². The van der Waals surface area contributed by atoms with E-state index in [2.05, 4.69) is 16.8 Å². The first kappa shape index (κ1) is 24.1. The van der Waals surface area contributed by atoms with Crippen LogP contribution < -0.4 is 14.4 Å². The molecule has 1 heterocycles. The lowest BCUT2D eigenvalue weighted by Gasteiger charge is -2.27. The summed E-state index contributed by atoms with van der Waals surface area (Å²) in [6.07, 6.45) is 4.48. The van der Waals surface area contributed by atoms with Crippen molar-refractivity contribution < 1.29 is 19.0 Å². The first-order chi connectivity index (χ1) is 15.8. The highest BCUT2D eigenvalue weighted by atomic mass is 16.6. The fourth-order valence-electron chi connectivity index (χ4n) is 3.30. The molecule has 0 fully saturated rings. The summed E-state index contributed by atoms with van der Waals surface area (Å²) < 4.78 is 17.0. The van der Waals surface area contributed by atoms with Crippen LogP contribution in [0.4, 0.5) is 11.4 Å². The van der Waals surface area contributed by atoms with Gasteiger partial charge < -0.3 is 19.1 Å². The second-order valence-corrected chi connectivity index (χ2v) is 8.68. The first-order valence-corrected chi connectivity index (χ1v) is 11.1. The van der Waals surface area contributed by atoms with E-state index in [4.69, 9.17) is 14.2 Å². The topological polar surface area (TPSA) is 60.9 Å². The third-order valence-electron chi connectivity index (χ3n) is 4.78. The zero-order valence-electron chi connectivity index (χ0n) is 20.0. The Balaban J connectivity index is 2.03. The Labute approximate surface area is 196 Å². The number of benzene rings is 2. The summed E-state index contributed by atoms with van der Waals surface area (Å²) in [6.45, 7) is 8.80. The Kier molecular flexibility index (Phi) is 7.93. The number of methoxy groups -OCH3 is 1. The number of ether oxygens (including phenoxy) is 3. The summed E-state index contributed by atoms with van der Waals surface area (Å²) in [6, 6.07) is 17.2. The van der Waals surface area contributed by atoms with Gasteiger partial charge in [0.15, 0.2) is 11.5 Å². The van der Waals surface area contributed by atoms with E-state index in [-0.39, 0.29) is 5.97 Å². The summed E-state index contributed by atoms with van der Waals surface area (Å²) in [5.74, 6) is 1.000. The molecule has 0 N–H and O–H groups in total. The number of hydrogen-bond acceptors (Lipinski definition) is 6. The minimum absolute atomic E-state index is 0.354. The van der Waals surface area contributed by atoms with Gasteiger partial charge in [0.2, 0.25) is 0 Å². The summed E-state index contributed by atoms with van der Waals surface area (Å²) in [5, 5.41) is 0. The van der Waals surface area contributed by atoms with E-state index in [9.17, 15) is 4.79 Å². The Morgan fingerprint density at radius 3 is 2.45 bits per heavy atom. The van der Waals surface area contributed by atoms with Crippen molar-refractivity contribution in [2.75, 3.05) is 18.6 Å². The van der Waals surface area contributed by atoms with Crippen LogP contribution in [0.25, 0.3) is 0 Å². The normalized spacial score (nSPS) is 11.1. The van der Waals surface area contributed by atoms with E-state index in [1.165, 1.54) is 0 Å². The van der Waals surface area contributed by atoms with E-state index in [1.807, 2.05) is 75.5 Å².